The topological polar surface area (TPSA) is 78.5 Å². The maximum atomic E-state index is 12.4. The van der Waals surface area contributed by atoms with Crippen molar-refractivity contribution in [3.05, 3.63) is 58.1 Å². The number of benzene rings is 2. The third-order valence-electron chi connectivity index (χ3n) is 4.14. The number of anilines is 2. The zero-order chi connectivity index (χ0) is 19.0. The van der Waals surface area contributed by atoms with Crippen LogP contribution in [0.2, 0.25) is 5.02 Å². The number of imide groups is 1. The van der Waals surface area contributed by atoms with E-state index < -0.39 is 6.03 Å². The van der Waals surface area contributed by atoms with Gasteiger partial charge in [-0.25, -0.2) is 4.79 Å². The van der Waals surface area contributed by atoms with E-state index in [2.05, 4.69) is 10.6 Å². The SMILES string of the molecule is Cc1ccc(Cl)cc1NC(=O)Nc1ccc2c(c1)C(=O)N(C(C)C)C2=O. The molecule has 4 amide bonds. The highest BCUT2D eigenvalue weighted by molar-refractivity contribution is 6.31. The van der Waals surface area contributed by atoms with E-state index in [4.69, 9.17) is 11.6 Å². The average molecular weight is 372 g/mol. The van der Waals surface area contributed by atoms with Crippen LogP contribution in [0.5, 0.6) is 0 Å². The molecule has 0 saturated carbocycles. The van der Waals surface area contributed by atoms with E-state index in [0.717, 1.165) is 5.56 Å². The van der Waals surface area contributed by atoms with E-state index in [0.29, 0.717) is 27.5 Å². The van der Waals surface area contributed by atoms with Crippen LogP contribution < -0.4 is 10.6 Å². The Morgan fingerprint density at radius 3 is 2.38 bits per heavy atom. The monoisotopic (exact) mass is 371 g/mol. The van der Waals surface area contributed by atoms with Crippen molar-refractivity contribution in [2.75, 3.05) is 10.6 Å². The minimum absolute atomic E-state index is 0.229. The van der Waals surface area contributed by atoms with Crippen LogP contribution in [0.1, 0.15) is 40.1 Å². The molecule has 3 rings (SSSR count). The molecular formula is C19H18ClN3O3. The smallest absolute Gasteiger partial charge is 0.308 e. The Hall–Kier alpha value is -2.86. The van der Waals surface area contributed by atoms with Gasteiger partial charge in [-0.15, -0.1) is 0 Å². The second kappa shape index (κ2) is 6.80. The molecule has 6 nitrogen and oxygen atoms in total. The van der Waals surface area contributed by atoms with Crippen LogP contribution in [0.25, 0.3) is 0 Å². The molecule has 2 aromatic rings. The predicted octanol–water partition coefficient (Wildman–Crippen LogP) is 4.30. The molecule has 0 saturated heterocycles. The molecule has 0 unspecified atom stereocenters. The van der Waals surface area contributed by atoms with Gasteiger partial charge < -0.3 is 10.6 Å². The summed E-state index contributed by atoms with van der Waals surface area (Å²) in [5.74, 6) is -0.666. The van der Waals surface area contributed by atoms with Crippen molar-refractivity contribution < 1.29 is 14.4 Å². The van der Waals surface area contributed by atoms with Gasteiger partial charge in [-0.2, -0.15) is 0 Å². The Morgan fingerprint density at radius 2 is 1.69 bits per heavy atom. The number of aryl methyl sites for hydroxylation is 1. The number of hydrogen-bond donors (Lipinski definition) is 2. The van der Waals surface area contributed by atoms with Crippen LogP contribution in [0.3, 0.4) is 0 Å². The predicted molar refractivity (Wildman–Crippen MR) is 101 cm³/mol. The molecule has 0 bridgehead atoms. The van der Waals surface area contributed by atoms with Crippen molar-refractivity contribution >= 4 is 40.8 Å². The molecule has 1 aliphatic rings. The van der Waals surface area contributed by atoms with E-state index in [1.54, 1.807) is 44.2 Å². The van der Waals surface area contributed by atoms with Gasteiger partial charge in [0.15, 0.2) is 0 Å². The fraction of sp³-hybridized carbons (Fsp3) is 0.211. The fourth-order valence-electron chi connectivity index (χ4n) is 2.82. The summed E-state index contributed by atoms with van der Waals surface area (Å²) in [7, 11) is 0. The fourth-order valence-corrected chi connectivity index (χ4v) is 2.99. The number of carbonyl (C=O) groups excluding carboxylic acids is 3. The minimum Gasteiger partial charge on any atom is -0.308 e. The first-order chi connectivity index (χ1) is 12.3. The first kappa shape index (κ1) is 17.9. The third kappa shape index (κ3) is 3.28. The van der Waals surface area contributed by atoms with Crippen LogP contribution in [0.15, 0.2) is 36.4 Å². The third-order valence-corrected chi connectivity index (χ3v) is 4.38. The van der Waals surface area contributed by atoms with Gasteiger partial charge in [-0.05, 0) is 56.7 Å². The summed E-state index contributed by atoms with van der Waals surface area (Å²) in [6.07, 6.45) is 0. The highest BCUT2D eigenvalue weighted by Crippen LogP contribution is 2.27. The number of hydrogen-bond acceptors (Lipinski definition) is 3. The quantitative estimate of drug-likeness (QED) is 0.789. The van der Waals surface area contributed by atoms with E-state index in [1.165, 1.54) is 11.0 Å². The maximum Gasteiger partial charge on any atom is 0.323 e. The lowest BCUT2D eigenvalue weighted by molar-refractivity contribution is 0.0609. The number of rotatable bonds is 3. The van der Waals surface area contributed by atoms with Gasteiger partial charge in [0.25, 0.3) is 11.8 Å². The number of nitrogens with one attached hydrogen (secondary N) is 2. The average Bonchev–Trinajstić information content (AvgIpc) is 2.82. The number of carbonyl (C=O) groups is 3. The number of fused-ring (bicyclic) bond motifs is 1. The number of urea groups is 1. The van der Waals surface area contributed by atoms with Gasteiger partial charge in [-0.1, -0.05) is 17.7 Å². The van der Waals surface area contributed by atoms with Crippen molar-refractivity contribution in [2.24, 2.45) is 0 Å². The molecule has 2 N–H and O–H groups in total. The second-order valence-electron chi connectivity index (χ2n) is 6.37. The molecule has 0 radical (unpaired) electrons. The van der Waals surface area contributed by atoms with Gasteiger partial charge in [-0.3, -0.25) is 14.5 Å². The second-order valence-corrected chi connectivity index (χ2v) is 6.81. The summed E-state index contributed by atoms with van der Waals surface area (Å²) in [4.78, 5) is 38.2. The van der Waals surface area contributed by atoms with Crippen LogP contribution in [-0.2, 0) is 0 Å². The van der Waals surface area contributed by atoms with Gasteiger partial charge >= 0.3 is 6.03 Å². The van der Waals surface area contributed by atoms with Crippen LogP contribution in [-0.4, -0.2) is 28.8 Å². The van der Waals surface area contributed by atoms with Crippen molar-refractivity contribution in [1.29, 1.82) is 0 Å². The highest BCUT2D eigenvalue weighted by Gasteiger charge is 2.37. The molecule has 2 aromatic carbocycles. The number of nitrogens with zero attached hydrogens (tertiary/aromatic N) is 1. The Labute approximate surface area is 156 Å². The molecule has 0 fully saturated rings. The molecule has 0 spiro atoms. The molecule has 0 atom stereocenters. The normalized spacial score (nSPS) is 13.2. The summed E-state index contributed by atoms with van der Waals surface area (Å²) in [5, 5.41) is 5.90. The number of halogens is 1. The lowest BCUT2D eigenvalue weighted by atomic mass is 10.1. The standard InChI is InChI=1S/C19H18ClN3O3/c1-10(2)23-17(24)14-7-6-13(9-15(14)18(23)25)21-19(26)22-16-8-12(20)5-4-11(16)3/h4-10H,1-3H3,(H2,21,22,26). The zero-order valence-corrected chi connectivity index (χ0v) is 15.3. The Balaban J connectivity index is 1.78. The van der Waals surface area contributed by atoms with E-state index >= 15 is 0 Å². The van der Waals surface area contributed by atoms with Crippen molar-refractivity contribution in [1.82, 2.24) is 4.90 Å². The van der Waals surface area contributed by atoms with Crippen LogP contribution in [0, 0.1) is 6.92 Å². The highest BCUT2D eigenvalue weighted by atomic mass is 35.5. The summed E-state index contributed by atoms with van der Waals surface area (Å²) in [6.45, 7) is 5.41. The summed E-state index contributed by atoms with van der Waals surface area (Å²) < 4.78 is 0. The summed E-state index contributed by atoms with van der Waals surface area (Å²) in [6, 6.07) is 9.17. The molecule has 1 aliphatic heterocycles. The molecule has 26 heavy (non-hydrogen) atoms. The van der Waals surface area contributed by atoms with Crippen LogP contribution in [0.4, 0.5) is 16.2 Å². The minimum atomic E-state index is -0.465. The Kier molecular flexibility index (Phi) is 4.70. The largest absolute Gasteiger partial charge is 0.323 e. The van der Waals surface area contributed by atoms with E-state index in [1.807, 2.05) is 6.92 Å². The van der Waals surface area contributed by atoms with E-state index in [-0.39, 0.29) is 17.9 Å². The van der Waals surface area contributed by atoms with Gasteiger partial charge in [0.2, 0.25) is 0 Å². The first-order valence-corrected chi connectivity index (χ1v) is 8.52. The van der Waals surface area contributed by atoms with Crippen molar-refractivity contribution in [2.45, 2.75) is 26.8 Å². The lowest BCUT2D eigenvalue weighted by Crippen LogP contribution is -2.35. The Morgan fingerprint density at radius 1 is 1.00 bits per heavy atom. The Bertz CT molecular complexity index is 924. The molecule has 7 heteroatoms. The van der Waals surface area contributed by atoms with Crippen molar-refractivity contribution in [3.8, 4) is 0 Å². The lowest BCUT2D eigenvalue weighted by Gasteiger charge is -2.17. The molecular weight excluding hydrogens is 354 g/mol. The number of amides is 4. The molecule has 0 aromatic heterocycles. The summed E-state index contributed by atoms with van der Waals surface area (Å²) in [5.41, 5.74) is 2.52. The van der Waals surface area contributed by atoms with Gasteiger partial charge in [0.1, 0.15) is 0 Å². The zero-order valence-electron chi connectivity index (χ0n) is 14.6. The first-order valence-electron chi connectivity index (χ1n) is 8.14. The molecule has 1 heterocycles. The maximum absolute atomic E-state index is 12.4. The summed E-state index contributed by atoms with van der Waals surface area (Å²) >= 11 is 5.95. The van der Waals surface area contributed by atoms with Gasteiger partial charge in [0.05, 0.1) is 11.1 Å². The van der Waals surface area contributed by atoms with E-state index in [9.17, 15) is 14.4 Å². The molecule has 0 aliphatic carbocycles. The van der Waals surface area contributed by atoms with Crippen LogP contribution >= 0.6 is 11.6 Å². The van der Waals surface area contributed by atoms with Gasteiger partial charge in [0, 0.05) is 22.4 Å². The molecule has 134 valence electrons. The van der Waals surface area contributed by atoms with Crippen molar-refractivity contribution in [3.63, 3.8) is 0 Å².